The van der Waals surface area contributed by atoms with Gasteiger partial charge in [0.1, 0.15) is 5.75 Å². The highest BCUT2D eigenvalue weighted by atomic mass is 16.5. The Bertz CT molecular complexity index is 935. The normalized spacial score (nSPS) is 10.7. The second-order valence-corrected chi connectivity index (χ2v) is 5.96. The summed E-state index contributed by atoms with van der Waals surface area (Å²) >= 11 is 0. The zero-order valence-electron chi connectivity index (χ0n) is 15.5. The maximum atomic E-state index is 5.17. The molecule has 0 aliphatic carbocycles. The number of aromatic nitrogens is 2. The zero-order valence-corrected chi connectivity index (χ0v) is 15.5. The van der Waals surface area contributed by atoms with Gasteiger partial charge in [-0.05, 0) is 43.2 Å². The minimum absolute atomic E-state index is 0.668. The molecule has 0 unspecified atom stereocenters. The molecule has 3 rings (SSSR count). The lowest BCUT2D eigenvalue weighted by molar-refractivity contribution is 0.415. The summed E-state index contributed by atoms with van der Waals surface area (Å²) in [5, 5.41) is 4.35. The highest BCUT2D eigenvalue weighted by molar-refractivity contribution is 5.80. The van der Waals surface area contributed by atoms with E-state index in [1.54, 1.807) is 13.3 Å². The van der Waals surface area contributed by atoms with Gasteiger partial charge in [-0.2, -0.15) is 5.10 Å². The smallest absolute Gasteiger partial charge is 0.161 e. The molecule has 5 heteroatoms. The van der Waals surface area contributed by atoms with Crippen molar-refractivity contribution in [2.24, 2.45) is 5.10 Å². The molecule has 0 atom stereocenters. The van der Waals surface area contributed by atoms with Crippen LogP contribution in [0.25, 0.3) is 11.4 Å². The van der Waals surface area contributed by atoms with Crippen LogP contribution >= 0.6 is 0 Å². The van der Waals surface area contributed by atoms with Gasteiger partial charge in [0.25, 0.3) is 0 Å². The molecule has 0 bridgehead atoms. The van der Waals surface area contributed by atoms with Gasteiger partial charge in [0.15, 0.2) is 11.6 Å². The van der Waals surface area contributed by atoms with Crippen LogP contribution in [0.3, 0.4) is 0 Å². The average molecular weight is 358 g/mol. The van der Waals surface area contributed by atoms with Crippen molar-refractivity contribution < 1.29 is 4.74 Å². The van der Waals surface area contributed by atoms with Crippen LogP contribution in [0.5, 0.6) is 5.75 Å². The van der Waals surface area contributed by atoms with Crippen LogP contribution in [0.2, 0.25) is 0 Å². The van der Waals surface area contributed by atoms with Gasteiger partial charge in [-0.25, -0.2) is 9.97 Å². The Labute approximate surface area is 159 Å². The molecular weight excluding hydrogens is 336 g/mol. The molecule has 5 nitrogen and oxygen atoms in total. The van der Waals surface area contributed by atoms with Crippen molar-refractivity contribution in [2.45, 2.75) is 13.3 Å². The van der Waals surface area contributed by atoms with Gasteiger partial charge in [-0.1, -0.05) is 36.4 Å². The van der Waals surface area contributed by atoms with Crippen LogP contribution < -0.4 is 10.2 Å². The molecule has 0 spiro atoms. The monoisotopic (exact) mass is 358 g/mol. The molecule has 2 aromatic carbocycles. The fourth-order valence-electron chi connectivity index (χ4n) is 2.65. The molecule has 0 saturated carbocycles. The Balaban J connectivity index is 1.88. The summed E-state index contributed by atoms with van der Waals surface area (Å²) in [5.74, 6) is 2.17. The van der Waals surface area contributed by atoms with Crippen molar-refractivity contribution in [3.8, 4) is 17.1 Å². The summed E-state index contributed by atoms with van der Waals surface area (Å²) in [6, 6.07) is 17.6. The standard InChI is InChI=1S/C22H22N4O/c1-4-8-20-16(2)24-21(18-9-6-5-7-10-18)25-22(20)26-23-15-17-11-13-19(27-3)14-12-17/h4-7,9-15H,1,8H2,2-3H3,(H,24,25,26)/b23-15-. The molecule has 0 fully saturated rings. The van der Waals surface area contributed by atoms with E-state index >= 15 is 0 Å². The number of nitrogens with zero attached hydrogens (tertiary/aromatic N) is 3. The number of anilines is 1. The SMILES string of the molecule is C=CCc1c(C)nc(-c2ccccc2)nc1N/N=C\c1ccc(OC)cc1. The molecule has 0 radical (unpaired) electrons. The van der Waals surface area contributed by atoms with Crippen molar-refractivity contribution in [1.82, 2.24) is 9.97 Å². The van der Waals surface area contributed by atoms with Gasteiger partial charge in [-0.3, -0.25) is 5.43 Å². The van der Waals surface area contributed by atoms with Gasteiger partial charge in [-0.15, -0.1) is 6.58 Å². The summed E-state index contributed by atoms with van der Waals surface area (Å²) in [7, 11) is 1.65. The maximum Gasteiger partial charge on any atom is 0.161 e. The molecule has 27 heavy (non-hydrogen) atoms. The Morgan fingerprint density at radius 1 is 1.07 bits per heavy atom. The number of hydrogen-bond acceptors (Lipinski definition) is 5. The number of hydrogen-bond donors (Lipinski definition) is 1. The molecule has 0 aliphatic heterocycles. The Hall–Kier alpha value is -3.47. The van der Waals surface area contributed by atoms with Gasteiger partial charge in [0, 0.05) is 16.8 Å². The van der Waals surface area contributed by atoms with E-state index in [0.29, 0.717) is 18.1 Å². The van der Waals surface area contributed by atoms with E-state index in [1.165, 1.54) is 0 Å². The molecule has 0 amide bonds. The van der Waals surface area contributed by atoms with E-state index < -0.39 is 0 Å². The molecule has 1 N–H and O–H groups in total. The number of aryl methyl sites for hydroxylation is 1. The first-order chi connectivity index (χ1) is 13.2. The Morgan fingerprint density at radius 3 is 2.48 bits per heavy atom. The molecule has 136 valence electrons. The number of methoxy groups -OCH3 is 1. The molecular formula is C22H22N4O. The Morgan fingerprint density at radius 2 is 1.81 bits per heavy atom. The summed E-state index contributed by atoms with van der Waals surface area (Å²) in [5.41, 5.74) is 6.88. The minimum Gasteiger partial charge on any atom is -0.497 e. The predicted octanol–water partition coefficient (Wildman–Crippen LogP) is 4.64. The van der Waals surface area contributed by atoms with E-state index in [0.717, 1.165) is 28.1 Å². The average Bonchev–Trinajstić information content (AvgIpc) is 2.71. The zero-order chi connectivity index (χ0) is 19.1. The number of benzene rings is 2. The van der Waals surface area contributed by atoms with Gasteiger partial charge in [0.05, 0.1) is 13.3 Å². The Kier molecular flexibility index (Phi) is 5.94. The second kappa shape index (κ2) is 8.76. The van der Waals surface area contributed by atoms with Crippen LogP contribution in [0.15, 0.2) is 72.4 Å². The van der Waals surface area contributed by atoms with E-state index in [1.807, 2.05) is 67.6 Å². The minimum atomic E-state index is 0.668. The second-order valence-electron chi connectivity index (χ2n) is 5.96. The lowest BCUT2D eigenvalue weighted by Crippen LogP contribution is -2.05. The molecule has 0 saturated heterocycles. The quantitative estimate of drug-likeness (QED) is 0.380. The van der Waals surface area contributed by atoms with Crippen molar-refractivity contribution in [3.63, 3.8) is 0 Å². The summed E-state index contributed by atoms with van der Waals surface area (Å²) < 4.78 is 5.17. The summed E-state index contributed by atoms with van der Waals surface area (Å²) in [4.78, 5) is 9.32. The number of allylic oxidation sites excluding steroid dienone is 1. The highest BCUT2D eigenvalue weighted by Gasteiger charge is 2.11. The third kappa shape index (κ3) is 4.58. The van der Waals surface area contributed by atoms with Gasteiger partial charge >= 0.3 is 0 Å². The van der Waals surface area contributed by atoms with Gasteiger partial charge in [0.2, 0.25) is 0 Å². The fourth-order valence-corrected chi connectivity index (χ4v) is 2.65. The van der Waals surface area contributed by atoms with Crippen LogP contribution in [-0.4, -0.2) is 23.3 Å². The third-order valence-corrected chi connectivity index (χ3v) is 4.09. The van der Waals surface area contributed by atoms with Crippen molar-refractivity contribution in [3.05, 3.63) is 84.1 Å². The number of ether oxygens (including phenoxy) is 1. The maximum absolute atomic E-state index is 5.17. The number of nitrogens with one attached hydrogen (secondary N) is 1. The molecule has 1 aromatic heterocycles. The lowest BCUT2D eigenvalue weighted by Gasteiger charge is -2.11. The van der Waals surface area contributed by atoms with E-state index in [-0.39, 0.29) is 0 Å². The first-order valence-electron chi connectivity index (χ1n) is 8.68. The number of hydrazone groups is 1. The predicted molar refractivity (Wildman–Crippen MR) is 110 cm³/mol. The van der Waals surface area contributed by atoms with E-state index in [4.69, 9.17) is 4.74 Å². The topological polar surface area (TPSA) is 59.4 Å². The largest absolute Gasteiger partial charge is 0.497 e. The lowest BCUT2D eigenvalue weighted by atomic mass is 10.1. The molecule has 0 aliphatic rings. The van der Waals surface area contributed by atoms with Crippen LogP contribution in [0.1, 0.15) is 16.8 Å². The molecule has 1 heterocycles. The first kappa shape index (κ1) is 18.3. The van der Waals surface area contributed by atoms with Crippen LogP contribution in [0.4, 0.5) is 5.82 Å². The molecule has 3 aromatic rings. The van der Waals surface area contributed by atoms with Crippen LogP contribution in [-0.2, 0) is 6.42 Å². The third-order valence-electron chi connectivity index (χ3n) is 4.09. The summed E-state index contributed by atoms with van der Waals surface area (Å²) in [6.07, 6.45) is 4.25. The van der Waals surface area contributed by atoms with Crippen molar-refractivity contribution >= 4 is 12.0 Å². The highest BCUT2D eigenvalue weighted by Crippen LogP contribution is 2.23. The first-order valence-corrected chi connectivity index (χ1v) is 8.68. The van der Waals surface area contributed by atoms with E-state index in [9.17, 15) is 0 Å². The van der Waals surface area contributed by atoms with E-state index in [2.05, 4.69) is 27.1 Å². The van der Waals surface area contributed by atoms with Gasteiger partial charge < -0.3 is 4.74 Å². The van der Waals surface area contributed by atoms with Crippen molar-refractivity contribution in [1.29, 1.82) is 0 Å². The van der Waals surface area contributed by atoms with Crippen molar-refractivity contribution in [2.75, 3.05) is 12.5 Å². The summed E-state index contributed by atoms with van der Waals surface area (Å²) in [6.45, 7) is 5.81. The fraction of sp³-hybridized carbons (Fsp3) is 0.136. The number of rotatable bonds is 7. The van der Waals surface area contributed by atoms with Crippen LogP contribution in [0, 0.1) is 6.92 Å².